The second-order valence-corrected chi connectivity index (χ2v) is 10.7. The maximum atomic E-state index is 15.1. The van der Waals surface area contributed by atoms with Gasteiger partial charge in [0.25, 0.3) is 0 Å². The quantitative estimate of drug-likeness (QED) is 0.273. The van der Waals surface area contributed by atoms with Crippen LogP contribution in [-0.2, 0) is 0 Å². The van der Waals surface area contributed by atoms with Crippen LogP contribution in [0.25, 0.3) is 0 Å². The highest BCUT2D eigenvalue weighted by Gasteiger charge is 2.54. The van der Waals surface area contributed by atoms with Gasteiger partial charge in [-0.2, -0.15) is 0 Å². The van der Waals surface area contributed by atoms with Crippen LogP contribution in [0.1, 0.15) is 54.4 Å². The highest BCUT2D eigenvalue weighted by atomic mass is 28.4. The molecule has 0 aromatic carbocycles. The van der Waals surface area contributed by atoms with Crippen molar-refractivity contribution >= 4 is 8.41 Å². The summed E-state index contributed by atoms with van der Waals surface area (Å²) < 4.78 is 15.1. The van der Waals surface area contributed by atoms with Crippen molar-refractivity contribution < 1.29 is 4.11 Å². The second-order valence-electron chi connectivity index (χ2n) is 6.16. The van der Waals surface area contributed by atoms with Gasteiger partial charge in [-0.3, -0.25) is 4.11 Å². The molecule has 0 aliphatic carbocycles. The van der Waals surface area contributed by atoms with E-state index < -0.39 is 8.41 Å². The largest absolute Gasteiger partial charge is 0.333 e. The van der Waals surface area contributed by atoms with Gasteiger partial charge in [-0.05, 0) is 10.1 Å². The van der Waals surface area contributed by atoms with Crippen LogP contribution in [-0.4, -0.2) is 8.41 Å². The number of hydrogen-bond acceptors (Lipinski definition) is 0. The summed E-state index contributed by atoms with van der Waals surface area (Å²) in [5.41, 5.74) is 2.94. The molecule has 0 heterocycles. The minimum absolute atomic E-state index is 0.367. The van der Waals surface area contributed by atoms with E-state index >= 15 is 4.11 Å². The molecule has 0 N–H and O–H groups in total. The Balaban J connectivity index is 5.12. The van der Waals surface area contributed by atoms with Crippen LogP contribution in [0.2, 0.25) is 10.1 Å². The van der Waals surface area contributed by atoms with Gasteiger partial charge in [0.05, 0.1) is 0 Å². The molecule has 0 aliphatic heterocycles. The van der Waals surface area contributed by atoms with E-state index in [9.17, 15) is 0 Å². The Bertz CT molecular complexity index is 311. The molecule has 0 nitrogen and oxygen atoms in total. The molecule has 2 heteroatoms. The number of halogens is 1. The third kappa shape index (κ3) is 3.39. The van der Waals surface area contributed by atoms with Crippen LogP contribution < -0.4 is 0 Å². The summed E-state index contributed by atoms with van der Waals surface area (Å²) in [5.74, 6) is 5.46. The molecule has 0 radical (unpaired) electrons. The summed E-state index contributed by atoms with van der Waals surface area (Å²) in [6.45, 7) is 11.7. The van der Waals surface area contributed by atoms with Crippen LogP contribution in [0.15, 0.2) is 0 Å². The third-order valence-corrected chi connectivity index (χ3v) is 7.38. The Morgan fingerprint density at radius 2 is 1.44 bits per heavy atom. The van der Waals surface area contributed by atoms with Crippen molar-refractivity contribution in [3.63, 3.8) is 0 Å². The average Bonchev–Trinajstić information content (AvgIpc) is 2.08. The smallest absolute Gasteiger partial charge is 0.296 e. The van der Waals surface area contributed by atoms with Crippen molar-refractivity contribution in [1.29, 1.82) is 0 Å². The maximum Gasteiger partial charge on any atom is 0.333 e. The van der Waals surface area contributed by atoms with Crippen LogP contribution >= 0.6 is 0 Å². The van der Waals surface area contributed by atoms with Crippen molar-refractivity contribution in [2.45, 2.75) is 64.5 Å². The second kappa shape index (κ2) is 5.06. The topological polar surface area (TPSA) is 0 Å². The lowest BCUT2D eigenvalue weighted by molar-refractivity contribution is 0.537. The molecule has 0 atom stereocenters. The Hall–Kier alpha value is -0.733. The van der Waals surface area contributed by atoms with E-state index in [0.29, 0.717) is 12.8 Å². The summed E-state index contributed by atoms with van der Waals surface area (Å²) in [7, 11) is -3.13. The number of unbranched alkanes of at least 4 members (excludes halogenated alkanes) is 1. The van der Waals surface area contributed by atoms with Gasteiger partial charge in [0, 0.05) is 12.8 Å². The van der Waals surface area contributed by atoms with Gasteiger partial charge >= 0.3 is 8.41 Å². The number of hydrogen-bond donors (Lipinski definition) is 0. The minimum atomic E-state index is -3.13. The average molecular weight is 237 g/mol. The molecule has 0 rings (SSSR count). The lowest BCUT2D eigenvalue weighted by atomic mass is 10.2. The third-order valence-electron chi connectivity index (χ3n) is 2.72. The van der Waals surface area contributed by atoms with Gasteiger partial charge in [-0.15, -0.1) is 18.3 Å². The molecule has 0 aromatic rings. The predicted octanol–water partition coefficient (Wildman–Crippen LogP) is 4.46. The predicted molar refractivity (Wildman–Crippen MR) is 72.1 cm³/mol. The van der Waals surface area contributed by atoms with Gasteiger partial charge in [-0.25, -0.2) is 0 Å². The summed E-state index contributed by atoms with van der Waals surface area (Å²) >= 11 is 0. The summed E-state index contributed by atoms with van der Waals surface area (Å²) in [6, 6.07) is 0. The van der Waals surface area contributed by atoms with Gasteiger partial charge in [0.15, 0.2) is 0 Å². The van der Waals surface area contributed by atoms with E-state index in [0.717, 1.165) is 0 Å². The van der Waals surface area contributed by atoms with Gasteiger partial charge in [0.2, 0.25) is 0 Å². The molecule has 0 aliphatic rings. The van der Waals surface area contributed by atoms with Gasteiger partial charge in [-0.1, -0.05) is 47.1 Å². The molecule has 90 valence electrons. The van der Waals surface area contributed by atoms with E-state index in [4.69, 9.17) is 6.42 Å². The van der Waals surface area contributed by atoms with E-state index in [1.807, 2.05) is 41.5 Å². The van der Waals surface area contributed by atoms with E-state index in [2.05, 4.69) is 17.4 Å². The number of rotatable bonds is 1. The zero-order chi connectivity index (χ0) is 13.0. The zero-order valence-electron chi connectivity index (χ0n) is 11.4. The van der Waals surface area contributed by atoms with Crippen molar-refractivity contribution in [2.24, 2.45) is 0 Å². The standard InChI is InChI=1S/C14H23FSi/c1-8-9-10-11-12-16(15,13(2,3)4)14(5,6)7/h1H,9-10H2,2-7H3/i15-1. The Kier molecular flexibility index (Phi) is 4.83. The molecule has 0 amide bonds. The van der Waals surface area contributed by atoms with E-state index in [-0.39, 0.29) is 10.1 Å². The molecular weight excluding hydrogens is 214 g/mol. The van der Waals surface area contributed by atoms with Crippen LogP contribution in [0.3, 0.4) is 0 Å². The lowest BCUT2D eigenvalue weighted by Gasteiger charge is -2.40. The molecule has 0 spiro atoms. The van der Waals surface area contributed by atoms with Crippen LogP contribution in [0.5, 0.6) is 0 Å². The summed E-state index contributed by atoms with van der Waals surface area (Å²) in [4.78, 5) is 0. The summed E-state index contributed by atoms with van der Waals surface area (Å²) in [6.07, 6.45) is 6.35. The Morgan fingerprint density at radius 1 is 1.00 bits per heavy atom. The highest BCUT2D eigenvalue weighted by Crippen LogP contribution is 2.51. The SMILES string of the molecule is C#CCCC#C[Si]([18F])(C(C)(C)C)C(C)(C)C. The van der Waals surface area contributed by atoms with Crippen molar-refractivity contribution in [2.75, 3.05) is 0 Å². The van der Waals surface area contributed by atoms with Gasteiger partial charge < -0.3 is 0 Å². The van der Waals surface area contributed by atoms with Crippen molar-refractivity contribution in [3.05, 3.63) is 0 Å². The minimum Gasteiger partial charge on any atom is -0.296 e. The fourth-order valence-corrected chi connectivity index (χ4v) is 5.19. The Morgan fingerprint density at radius 3 is 1.75 bits per heavy atom. The van der Waals surface area contributed by atoms with Crippen molar-refractivity contribution in [3.8, 4) is 23.8 Å². The highest BCUT2D eigenvalue weighted by molar-refractivity contribution is 6.86. The number of terminal acetylenes is 1. The first-order chi connectivity index (χ1) is 7.06. The Labute approximate surface area is 101 Å². The van der Waals surface area contributed by atoms with E-state index in [1.54, 1.807) is 0 Å². The fraction of sp³-hybridized carbons (Fsp3) is 0.714. The molecule has 16 heavy (non-hydrogen) atoms. The first-order valence-corrected chi connectivity index (χ1v) is 7.56. The molecule has 0 bridgehead atoms. The normalized spacial score (nSPS) is 12.6. The van der Waals surface area contributed by atoms with Gasteiger partial charge in [0.1, 0.15) is 0 Å². The first-order valence-electron chi connectivity index (χ1n) is 5.68. The first kappa shape index (κ1) is 15.3. The van der Waals surface area contributed by atoms with E-state index in [1.165, 1.54) is 0 Å². The molecule has 0 unspecified atom stereocenters. The maximum absolute atomic E-state index is 15.1. The lowest BCUT2D eigenvalue weighted by Crippen LogP contribution is -2.47. The zero-order valence-corrected chi connectivity index (χ0v) is 12.4. The van der Waals surface area contributed by atoms with Crippen LogP contribution in [0, 0.1) is 23.8 Å². The molecular formula is C14H23FSi. The van der Waals surface area contributed by atoms with Crippen molar-refractivity contribution in [1.82, 2.24) is 0 Å². The fourth-order valence-electron chi connectivity index (χ4n) is 1.82. The molecule has 0 saturated carbocycles. The molecule has 0 aromatic heterocycles. The van der Waals surface area contributed by atoms with Crippen LogP contribution in [0.4, 0.5) is 4.11 Å². The molecule has 0 fully saturated rings. The monoisotopic (exact) mass is 237 g/mol. The molecule has 0 saturated heterocycles. The summed E-state index contributed by atoms with van der Waals surface area (Å²) in [5, 5.41) is -0.733.